The number of methoxy groups -OCH3 is 1. The van der Waals surface area contributed by atoms with Crippen LogP contribution in [0.1, 0.15) is 12.5 Å². The van der Waals surface area contributed by atoms with Crippen molar-refractivity contribution < 1.29 is 9.84 Å². The number of benzene rings is 1. The Morgan fingerprint density at radius 1 is 1.44 bits per heavy atom. The Hall–Kier alpha value is -0.100. The van der Waals surface area contributed by atoms with Crippen molar-refractivity contribution in [1.29, 1.82) is 0 Å². The maximum Gasteiger partial charge on any atom is 0.137 e. The van der Waals surface area contributed by atoms with Gasteiger partial charge in [-0.05, 0) is 35.0 Å². The summed E-state index contributed by atoms with van der Waals surface area (Å²) in [6, 6.07) is 4.01. The predicted octanol–water partition coefficient (Wildman–Crippen LogP) is 2.69. The molecule has 90 valence electrons. The van der Waals surface area contributed by atoms with E-state index in [4.69, 9.17) is 9.84 Å². The molecule has 0 unspecified atom stereocenters. The van der Waals surface area contributed by atoms with Crippen LogP contribution in [0, 0.1) is 0 Å². The van der Waals surface area contributed by atoms with Gasteiger partial charge in [-0.1, -0.05) is 15.9 Å². The third-order valence-corrected chi connectivity index (χ3v) is 3.25. The van der Waals surface area contributed by atoms with Crippen LogP contribution in [-0.2, 0) is 6.54 Å². The van der Waals surface area contributed by atoms with E-state index in [0.29, 0.717) is 6.54 Å². The second kappa shape index (κ2) is 6.59. The number of aliphatic hydroxyl groups is 1. The number of ether oxygens (including phenoxy) is 1. The number of nitrogens with one attached hydrogen (secondary N) is 1. The van der Waals surface area contributed by atoms with Crippen molar-refractivity contribution in [3.63, 3.8) is 0 Å². The number of halogens is 2. The molecule has 0 fully saturated rings. The first-order valence-electron chi connectivity index (χ1n) is 4.94. The van der Waals surface area contributed by atoms with Crippen molar-refractivity contribution in [2.75, 3.05) is 13.7 Å². The molecule has 1 atom stereocenters. The molecule has 0 radical (unpaired) electrons. The Bertz CT molecular complexity index is 358. The van der Waals surface area contributed by atoms with Crippen molar-refractivity contribution in [2.45, 2.75) is 19.5 Å². The van der Waals surface area contributed by atoms with E-state index in [2.05, 4.69) is 37.2 Å². The Kier molecular flexibility index (Phi) is 5.75. The lowest BCUT2D eigenvalue weighted by molar-refractivity contribution is 0.250. The van der Waals surface area contributed by atoms with E-state index in [-0.39, 0.29) is 12.6 Å². The monoisotopic (exact) mass is 351 g/mol. The topological polar surface area (TPSA) is 41.5 Å². The zero-order chi connectivity index (χ0) is 12.1. The minimum atomic E-state index is 0.0717. The van der Waals surface area contributed by atoms with Gasteiger partial charge in [0.2, 0.25) is 0 Å². The van der Waals surface area contributed by atoms with Gasteiger partial charge in [0.1, 0.15) is 5.75 Å². The summed E-state index contributed by atoms with van der Waals surface area (Å²) in [6.45, 7) is 2.71. The van der Waals surface area contributed by atoms with Crippen LogP contribution in [0.25, 0.3) is 0 Å². The minimum Gasteiger partial charge on any atom is -0.495 e. The molecule has 1 rings (SSSR count). The highest BCUT2D eigenvalue weighted by atomic mass is 79.9. The van der Waals surface area contributed by atoms with Crippen LogP contribution in [-0.4, -0.2) is 24.9 Å². The van der Waals surface area contributed by atoms with Crippen LogP contribution < -0.4 is 10.1 Å². The summed E-state index contributed by atoms with van der Waals surface area (Å²) < 4.78 is 7.24. The van der Waals surface area contributed by atoms with Gasteiger partial charge >= 0.3 is 0 Å². The smallest absolute Gasteiger partial charge is 0.137 e. The van der Waals surface area contributed by atoms with Gasteiger partial charge in [-0.2, -0.15) is 0 Å². The number of hydrogen-bond acceptors (Lipinski definition) is 3. The third kappa shape index (κ3) is 3.73. The summed E-state index contributed by atoms with van der Waals surface area (Å²) in [5, 5.41) is 12.1. The normalized spacial score (nSPS) is 12.6. The second-order valence-electron chi connectivity index (χ2n) is 3.54. The van der Waals surface area contributed by atoms with Gasteiger partial charge in [-0.25, -0.2) is 0 Å². The van der Waals surface area contributed by atoms with Crippen LogP contribution in [0.2, 0.25) is 0 Å². The molecule has 0 aliphatic heterocycles. The molecular formula is C11H15Br2NO2. The van der Waals surface area contributed by atoms with Crippen molar-refractivity contribution in [3.05, 3.63) is 26.6 Å². The molecule has 0 bridgehead atoms. The summed E-state index contributed by atoms with van der Waals surface area (Å²) >= 11 is 6.89. The van der Waals surface area contributed by atoms with Crippen LogP contribution >= 0.6 is 31.9 Å². The summed E-state index contributed by atoms with van der Waals surface area (Å²) in [4.78, 5) is 0. The van der Waals surface area contributed by atoms with Crippen LogP contribution in [0.5, 0.6) is 5.75 Å². The summed E-state index contributed by atoms with van der Waals surface area (Å²) in [5.41, 5.74) is 1.05. The molecule has 1 aromatic carbocycles. The molecular weight excluding hydrogens is 338 g/mol. The zero-order valence-corrected chi connectivity index (χ0v) is 12.4. The second-order valence-corrected chi connectivity index (χ2v) is 5.31. The van der Waals surface area contributed by atoms with E-state index in [1.54, 1.807) is 7.11 Å². The average Bonchev–Trinajstić information content (AvgIpc) is 2.25. The van der Waals surface area contributed by atoms with Crippen LogP contribution in [0.4, 0.5) is 0 Å². The molecule has 5 heteroatoms. The molecule has 0 saturated heterocycles. The van der Waals surface area contributed by atoms with Gasteiger partial charge < -0.3 is 15.2 Å². The third-order valence-electron chi connectivity index (χ3n) is 2.20. The highest BCUT2D eigenvalue weighted by molar-refractivity contribution is 9.11. The van der Waals surface area contributed by atoms with Crippen molar-refractivity contribution in [1.82, 2.24) is 5.32 Å². The maximum atomic E-state index is 8.94. The Labute approximate surface area is 112 Å². The molecule has 0 saturated carbocycles. The summed E-state index contributed by atoms with van der Waals surface area (Å²) in [6.07, 6.45) is 0. The van der Waals surface area contributed by atoms with Gasteiger partial charge in [-0.3, -0.25) is 0 Å². The van der Waals surface area contributed by atoms with Crippen LogP contribution in [0.3, 0.4) is 0 Å². The van der Waals surface area contributed by atoms with E-state index in [0.717, 1.165) is 20.3 Å². The zero-order valence-electron chi connectivity index (χ0n) is 9.26. The fourth-order valence-electron chi connectivity index (χ4n) is 1.32. The molecule has 1 aromatic rings. The Morgan fingerprint density at radius 2 is 2.12 bits per heavy atom. The quantitative estimate of drug-likeness (QED) is 0.856. The molecule has 0 amide bonds. The molecule has 3 nitrogen and oxygen atoms in total. The molecule has 0 spiro atoms. The molecule has 0 aliphatic carbocycles. The van der Waals surface area contributed by atoms with E-state index in [1.807, 2.05) is 19.1 Å². The largest absolute Gasteiger partial charge is 0.495 e. The maximum absolute atomic E-state index is 8.94. The lowest BCUT2D eigenvalue weighted by Gasteiger charge is -2.14. The lowest BCUT2D eigenvalue weighted by atomic mass is 10.2. The van der Waals surface area contributed by atoms with E-state index >= 15 is 0 Å². The molecule has 2 N–H and O–H groups in total. The minimum absolute atomic E-state index is 0.0717. The number of aliphatic hydroxyl groups excluding tert-OH is 1. The van der Waals surface area contributed by atoms with Gasteiger partial charge in [-0.15, -0.1) is 0 Å². The Morgan fingerprint density at radius 3 is 2.69 bits per heavy atom. The fourth-order valence-corrected chi connectivity index (χ4v) is 2.80. The summed E-state index contributed by atoms with van der Waals surface area (Å²) in [5.74, 6) is 0.820. The van der Waals surface area contributed by atoms with Gasteiger partial charge in [0.15, 0.2) is 0 Å². The van der Waals surface area contributed by atoms with E-state index in [1.165, 1.54) is 0 Å². The van der Waals surface area contributed by atoms with Crippen molar-refractivity contribution in [3.8, 4) is 5.75 Å². The SMILES string of the molecule is COc1c(Br)cc(Br)cc1CN[C@H](C)CO. The Balaban J connectivity index is 2.85. The van der Waals surface area contributed by atoms with Gasteiger partial charge in [0.05, 0.1) is 18.2 Å². The first-order chi connectivity index (χ1) is 7.58. The lowest BCUT2D eigenvalue weighted by Crippen LogP contribution is -2.28. The van der Waals surface area contributed by atoms with Crippen molar-refractivity contribution >= 4 is 31.9 Å². The predicted molar refractivity (Wildman–Crippen MR) is 71.8 cm³/mol. The van der Waals surface area contributed by atoms with Crippen molar-refractivity contribution in [2.24, 2.45) is 0 Å². The molecule has 0 heterocycles. The first kappa shape index (κ1) is 14.0. The standard InChI is InChI=1S/C11H15Br2NO2/c1-7(6-15)14-5-8-3-9(12)4-10(13)11(8)16-2/h3-4,7,14-15H,5-6H2,1-2H3/t7-/m1/s1. The molecule has 0 aromatic heterocycles. The highest BCUT2D eigenvalue weighted by Crippen LogP contribution is 2.32. The molecule has 16 heavy (non-hydrogen) atoms. The molecule has 0 aliphatic rings. The number of rotatable bonds is 5. The fraction of sp³-hybridized carbons (Fsp3) is 0.455. The summed E-state index contributed by atoms with van der Waals surface area (Å²) in [7, 11) is 1.65. The number of hydrogen-bond donors (Lipinski definition) is 2. The van der Waals surface area contributed by atoms with Gasteiger partial charge in [0.25, 0.3) is 0 Å². The van der Waals surface area contributed by atoms with E-state index in [9.17, 15) is 0 Å². The average molecular weight is 353 g/mol. The van der Waals surface area contributed by atoms with E-state index < -0.39 is 0 Å². The highest BCUT2D eigenvalue weighted by Gasteiger charge is 2.10. The van der Waals surface area contributed by atoms with Gasteiger partial charge in [0, 0.05) is 22.6 Å². The van der Waals surface area contributed by atoms with Crippen LogP contribution in [0.15, 0.2) is 21.1 Å². The first-order valence-corrected chi connectivity index (χ1v) is 6.53.